The van der Waals surface area contributed by atoms with E-state index in [0.29, 0.717) is 16.5 Å². The summed E-state index contributed by atoms with van der Waals surface area (Å²) < 4.78 is 14.3. The van der Waals surface area contributed by atoms with Crippen LogP contribution in [0.4, 0.5) is 0 Å². The molecule has 2 aromatic heterocycles. The van der Waals surface area contributed by atoms with Gasteiger partial charge in [0, 0.05) is 12.1 Å². The Bertz CT molecular complexity index is 1420. The lowest BCUT2D eigenvalue weighted by Gasteiger charge is -2.15. The third kappa shape index (κ3) is 4.79. The zero-order valence-electron chi connectivity index (χ0n) is 18.3. The van der Waals surface area contributed by atoms with Gasteiger partial charge in [-0.25, -0.2) is 4.79 Å². The van der Waals surface area contributed by atoms with Gasteiger partial charge >= 0.3 is 11.7 Å². The highest BCUT2D eigenvalue weighted by Gasteiger charge is 2.21. The minimum absolute atomic E-state index is 0.0476. The molecule has 0 radical (unpaired) electrons. The molecule has 1 atom stereocenters. The lowest BCUT2D eigenvalue weighted by Crippen LogP contribution is -2.30. The summed E-state index contributed by atoms with van der Waals surface area (Å²) in [7, 11) is 1.50. The number of nitrogens with zero attached hydrogens (tertiary/aromatic N) is 3. The molecule has 0 spiro atoms. The molecule has 0 aliphatic carbocycles. The molecule has 4 aromatic rings. The molecule has 0 aliphatic rings. The number of aliphatic hydroxyl groups is 1. The van der Waals surface area contributed by atoms with Crippen LogP contribution in [0, 0.1) is 13.8 Å². The number of aromatic amines is 1. The van der Waals surface area contributed by atoms with Crippen molar-refractivity contribution in [3.05, 3.63) is 79.5 Å². The van der Waals surface area contributed by atoms with Gasteiger partial charge in [-0.3, -0.25) is 18.9 Å². The maximum absolute atomic E-state index is 12.6. The molecule has 2 N–H and O–H groups in total. The van der Waals surface area contributed by atoms with E-state index in [4.69, 9.17) is 21.1 Å². The van der Waals surface area contributed by atoms with Crippen molar-refractivity contribution < 1.29 is 14.6 Å². The maximum Gasteiger partial charge on any atom is 0.329 e. The van der Waals surface area contributed by atoms with Crippen molar-refractivity contribution in [2.45, 2.75) is 26.5 Å². The first-order valence-electron chi connectivity index (χ1n) is 10.2. The lowest BCUT2D eigenvalue weighted by atomic mass is 10.1. The molecule has 0 bridgehead atoms. The van der Waals surface area contributed by atoms with Crippen LogP contribution in [0.5, 0.6) is 17.5 Å². The van der Waals surface area contributed by atoms with Gasteiger partial charge in [0.15, 0.2) is 11.2 Å². The molecule has 0 amide bonds. The summed E-state index contributed by atoms with van der Waals surface area (Å²) in [6.07, 6.45) is -1.00. The summed E-state index contributed by atoms with van der Waals surface area (Å²) in [6.45, 7) is 3.85. The van der Waals surface area contributed by atoms with Crippen LogP contribution in [-0.2, 0) is 13.6 Å². The van der Waals surface area contributed by atoms with Crippen LogP contribution >= 0.6 is 11.6 Å². The quantitative estimate of drug-likeness (QED) is 0.429. The summed E-state index contributed by atoms with van der Waals surface area (Å²) in [4.78, 5) is 31.3. The minimum atomic E-state index is -1.00. The zero-order chi connectivity index (χ0) is 23.7. The second kappa shape index (κ2) is 9.13. The number of nitrogens with one attached hydrogen (secondary N) is 1. The number of halogens is 1. The molecule has 0 aliphatic heterocycles. The van der Waals surface area contributed by atoms with Crippen molar-refractivity contribution in [3.8, 4) is 17.5 Å². The number of benzene rings is 2. The summed E-state index contributed by atoms with van der Waals surface area (Å²) in [5.41, 5.74) is 1.17. The number of aryl methyl sites for hydroxylation is 3. The number of fused-ring (bicyclic) bond motifs is 1. The Balaban J connectivity index is 1.68. The predicted molar refractivity (Wildman–Crippen MR) is 125 cm³/mol. The van der Waals surface area contributed by atoms with Crippen molar-refractivity contribution >= 4 is 22.8 Å². The Labute approximate surface area is 193 Å². The Morgan fingerprint density at radius 3 is 2.48 bits per heavy atom. The van der Waals surface area contributed by atoms with Crippen LogP contribution < -0.4 is 20.7 Å². The van der Waals surface area contributed by atoms with Gasteiger partial charge in [0.05, 0.1) is 6.54 Å². The Kier molecular flexibility index (Phi) is 6.26. The van der Waals surface area contributed by atoms with E-state index >= 15 is 0 Å². The van der Waals surface area contributed by atoms with Crippen LogP contribution in [0.25, 0.3) is 11.2 Å². The fourth-order valence-corrected chi connectivity index (χ4v) is 3.46. The third-order valence-electron chi connectivity index (χ3n) is 5.31. The standard InChI is InChI=1S/C23H23ClN4O5/c1-13-4-7-18(10-14(13)2)33-23-25-20-19(21(30)26-22(31)27(20)3)28(23)11-16(29)12-32-17-8-5-15(24)6-9-17/h4-10,16,29H,11-12H2,1-3H3,(H,26,30,31)/t16-/m1/s1. The number of imidazole rings is 1. The number of ether oxygens (including phenoxy) is 2. The summed E-state index contributed by atoms with van der Waals surface area (Å²) >= 11 is 5.88. The van der Waals surface area contributed by atoms with E-state index in [1.54, 1.807) is 30.3 Å². The van der Waals surface area contributed by atoms with Gasteiger partial charge in [-0.15, -0.1) is 0 Å². The topological polar surface area (TPSA) is 111 Å². The molecule has 10 heteroatoms. The Morgan fingerprint density at radius 2 is 1.79 bits per heavy atom. The van der Waals surface area contributed by atoms with E-state index in [2.05, 4.69) is 9.97 Å². The summed E-state index contributed by atoms with van der Waals surface area (Å²) in [5, 5.41) is 11.2. The second-order valence-corrected chi connectivity index (χ2v) is 8.20. The number of rotatable bonds is 7. The van der Waals surface area contributed by atoms with E-state index < -0.39 is 17.4 Å². The van der Waals surface area contributed by atoms with Gasteiger partial charge in [-0.1, -0.05) is 17.7 Å². The average molecular weight is 471 g/mol. The predicted octanol–water partition coefficient (Wildman–Crippen LogP) is 2.93. The fourth-order valence-electron chi connectivity index (χ4n) is 3.33. The third-order valence-corrected chi connectivity index (χ3v) is 5.56. The normalized spacial score (nSPS) is 12.2. The highest BCUT2D eigenvalue weighted by atomic mass is 35.5. The first-order chi connectivity index (χ1) is 15.7. The van der Waals surface area contributed by atoms with E-state index in [1.807, 2.05) is 26.0 Å². The molecular formula is C23H23ClN4O5. The number of H-pyrrole nitrogens is 1. The Hall–Kier alpha value is -3.56. The molecule has 0 saturated carbocycles. The zero-order valence-corrected chi connectivity index (χ0v) is 19.1. The first kappa shape index (κ1) is 22.6. The molecule has 0 saturated heterocycles. The SMILES string of the molecule is Cc1ccc(Oc2nc3c(c(=O)[nH]c(=O)n3C)n2C[C@@H](O)COc2ccc(Cl)cc2)cc1C. The minimum Gasteiger partial charge on any atom is -0.491 e. The molecule has 172 valence electrons. The lowest BCUT2D eigenvalue weighted by molar-refractivity contribution is 0.0915. The van der Waals surface area contributed by atoms with Gasteiger partial charge in [-0.05, 0) is 61.4 Å². The van der Waals surface area contributed by atoms with Gasteiger partial charge in [0.25, 0.3) is 5.56 Å². The number of aromatic nitrogens is 4. The van der Waals surface area contributed by atoms with Crippen molar-refractivity contribution in [1.82, 2.24) is 19.1 Å². The molecule has 2 aromatic carbocycles. The summed E-state index contributed by atoms with van der Waals surface area (Å²) in [6, 6.07) is 12.4. The van der Waals surface area contributed by atoms with Gasteiger partial charge in [0.2, 0.25) is 0 Å². The number of aliphatic hydroxyl groups excluding tert-OH is 1. The summed E-state index contributed by atoms with van der Waals surface area (Å²) in [5.74, 6) is 1.06. The number of hydrogen-bond acceptors (Lipinski definition) is 6. The fraction of sp³-hybridized carbons (Fsp3) is 0.261. The monoisotopic (exact) mass is 470 g/mol. The van der Waals surface area contributed by atoms with E-state index in [-0.39, 0.29) is 30.3 Å². The van der Waals surface area contributed by atoms with Gasteiger partial charge < -0.3 is 14.6 Å². The molecule has 33 heavy (non-hydrogen) atoms. The number of hydrogen-bond donors (Lipinski definition) is 2. The maximum atomic E-state index is 12.6. The molecule has 9 nitrogen and oxygen atoms in total. The van der Waals surface area contributed by atoms with Crippen molar-refractivity contribution in [1.29, 1.82) is 0 Å². The van der Waals surface area contributed by atoms with Crippen LogP contribution in [0.15, 0.2) is 52.1 Å². The largest absolute Gasteiger partial charge is 0.491 e. The molecular weight excluding hydrogens is 448 g/mol. The van der Waals surface area contributed by atoms with E-state index in [1.165, 1.54) is 16.2 Å². The van der Waals surface area contributed by atoms with Crippen molar-refractivity contribution in [3.63, 3.8) is 0 Å². The first-order valence-corrected chi connectivity index (χ1v) is 10.6. The van der Waals surface area contributed by atoms with E-state index in [9.17, 15) is 14.7 Å². The molecule has 4 rings (SSSR count). The second-order valence-electron chi connectivity index (χ2n) is 7.76. The molecule has 0 fully saturated rings. The highest BCUT2D eigenvalue weighted by Crippen LogP contribution is 2.26. The average Bonchev–Trinajstić information content (AvgIpc) is 3.12. The van der Waals surface area contributed by atoms with E-state index in [0.717, 1.165) is 11.1 Å². The van der Waals surface area contributed by atoms with Gasteiger partial charge in [-0.2, -0.15) is 4.98 Å². The van der Waals surface area contributed by atoms with Crippen LogP contribution in [0.3, 0.4) is 0 Å². The van der Waals surface area contributed by atoms with Crippen LogP contribution in [-0.4, -0.2) is 36.9 Å². The smallest absolute Gasteiger partial charge is 0.329 e. The van der Waals surface area contributed by atoms with Crippen LogP contribution in [0.2, 0.25) is 5.02 Å². The van der Waals surface area contributed by atoms with Crippen molar-refractivity contribution in [2.75, 3.05) is 6.61 Å². The molecule has 2 heterocycles. The highest BCUT2D eigenvalue weighted by molar-refractivity contribution is 6.30. The van der Waals surface area contributed by atoms with Gasteiger partial charge in [0.1, 0.15) is 24.2 Å². The molecule has 0 unspecified atom stereocenters. The van der Waals surface area contributed by atoms with Crippen LogP contribution in [0.1, 0.15) is 11.1 Å². The Morgan fingerprint density at radius 1 is 1.09 bits per heavy atom. The van der Waals surface area contributed by atoms with Crippen molar-refractivity contribution in [2.24, 2.45) is 7.05 Å².